The van der Waals surface area contributed by atoms with Crippen molar-refractivity contribution in [2.24, 2.45) is 0 Å². The maximum Gasteiger partial charge on any atom is 0.252 e. The van der Waals surface area contributed by atoms with Gasteiger partial charge in [0, 0.05) is 18.1 Å². The Kier molecular flexibility index (Phi) is 6.65. The third-order valence-electron chi connectivity index (χ3n) is 2.49. The van der Waals surface area contributed by atoms with E-state index in [4.69, 9.17) is 4.74 Å². The molecule has 0 radical (unpaired) electrons. The van der Waals surface area contributed by atoms with E-state index in [0.29, 0.717) is 11.7 Å². The maximum atomic E-state index is 11.5. The summed E-state index contributed by atoms with van der Waals surface area (Å²) in [6.07, 6.45) is 0. The van der Waals surface area contributed by atoms with E-state index in [9.17, 15) is 4.79 Å². The second-order valence-electron chi connectivity index (χ2n) is 4.16. The van der Waals surface area contributed by atoms with Crippen molar-refractivity contribution in [3.63, 3.8) is 0 Å². The number of carbonyl (C=O) groups excluding carboxylic acids is 1. The van der Waals surface area contributed by atoms with Crippen LogP contribution in [0.1, 0.15) is 17.5 Å². The minimum Gasteiger partial charge on any atom is -0.372 e. The molecule has 2 aromatic rings. The summed E-state index contributed by atoms with van der Waals surface area (Å²) in [5.74, 6) is 1.52. The van der Waals surface area contributed by atoms with Gasteiger partial charge in [-0.05, 0) is 12.5 Å². The van der Waals surface area contributed by atoms with Gasteiger partial charge in [-0.15, -0.1) is 22.0 Å². The normalized spacial score (nSPS) is 10.5. The number of rotatable bonds is 8. The first kappa shape index (κ1) is 15.9. The molecule has 7 heteroatoms. The highest BCUT2D eigenvalue weighted by molar-refractivity contribution is 7.97. The summed E-state index contributed by atoms with van der Waals surface area (Å²) in [6, 6.07) is 10.3. The first-order valence-corrected chi connectivity index (χ1v) is 8.56. The fourth-order valence-corrected chi connectivity index (χ4v) is 3.34. The average Bonchev–Trinajstić information content (AvgIpc) is 2.93. The number of anilines is 1. The van der Waals surface area contributed by atoms with Gasteiger partial charge >= 0.3 is 0 Å². The lowest BCUT2D eigenvalue weighted by Crippen LogP contribution is -2.17. The average molecular weight is 323 g/mol. The molecule has 112 valence electrons. The molecule has 0 aliphatic carbocycles. The topological polar surface area (TPSA) is 64.1 Å². The van der Waals surface area contributed by atoms with E-state index in [0.717, 1.165) is 16.5 Å². The van der Waals surface area contributed by atoms with E-state index >= 15 is 0 Å². The largest absolute Gasteiger partial charge is 0.372 e. The number of nitrogens with one attached hydrogen (secondary N) is 1. The zero-order valence-corrected chi connectivity index (χ0v) is 13.4. The number of hydrogen-bond acceptors (Lipinski definition) is 6. The van der Waals surface area contributed by atoms with Gasteiger partial charge in [0.25, 0.3) is 5.91 Å². The van der Waals surface area contributed by atoms with Crippen LogP contribution in [0.25, 0.3) is 0 Å². The molecule has 1 heterocycles. The van der Waals surface area contributed by atoms with E-state index in [1.54, 1.807) is 11.8 Å². The Morgan fingerprint density at radius 2 is 2.10 bits per heavy atom. The second kappa shape index (κ2) is 8.76. The summed E-state index contributed by atoms with van der Waals surface area (Å²) in [6.45, 7) is 2.42. The molecular weight excluding hydrogens is 306 g/mol. The van der Waals surface area contributed by atoms with Crippen molar-refractivity contribution < 1.29 is 9.53 Å². The number of nitrogens with zero attached hydrogens (tertiary/aromatic N) is 2. The van der Waals surface area contributed by atoms with Gasteiger partial charge in [-0.3, -0.25) is 10.1 Å². The van der Waals surface area contributed by atoms with E-state index in [1.807, 2.05) is 25.1 Å². The predicted molar refractivity (Wildman–Crippen MR) is 86.5 cm³/mol. The predicted octanol–water partition coefficient (Wildman–Crippen LogP) is 2.95. The molecule has 5 nitrogen and oxygen atoms in total. The molecule has 0 unspecified atom stereocenters. The van der Waals surface area contributed by atoms with Gasteiger partial charge in [-0.1, -0.05) is 41.7 Å². The van der Waals surface area contributed by atoms with Crippen LogP contribution in [-0.2, 0) is 21.0 Å². The highest BCUT2D eigenvalue weighted by Gasteiger charge is 2.08. The van der Waals surface area contributed by atoms with Gasteiger partial charge < -0.3 is 4.74 Å². The third kappa shape index (κ3) is 5.82. The van der Waals surface area contributed by atoms with Crippen LogP contribution in [0.15, 0.2) is 30.3 Å². The molecule has 21 heavy (non-hydrogen) atoms. The Morgan fingerprint density at radius 1 is 1.29 bits per heavy atom. The number of hydrogen-bond donors (Lipinski definition) is 1. The van der Waals surface area contributed by atoms with Crippen molar-refractivity contribution in [2.75, 3.05) is 18.5 Å². The van der Waals surface area contributed by atoms with Crippen molar-refractivity contribution in [2.45, 2.75) is 18.4 Å². The molecule has 0 spiro atoms. The van der Waals surface area contributed by atoms with Gasteiger partial charge in [0.1, 0.15) is 11.6 Å². The minimum atomic E-state index is -0.198. The van der Waals surface area contributed by atoms with Gasteiger partial charge in [0.05, 0.1) is 0 Å². The van der Waals surface area contributed by atoms with Crippen molar-refractivity contribution >= 4 is 34.1 Å². The Bertz CT molecular complexity index is 560. The number of ether oxygens (including phenoxy) is 1. The fraction of sp³-hybridized carbons (Fsp3) is 0.357. The van der Waals surface area contributed by atoms with Gasteiger partial charge in [0.2, 0.25) is 5.13 Å². The lowest BCUT2D eigenvalue weighted by molar-refractivity contribution is -0.120. The SMILES string of the molecule is CCOCC(=O)Nc1nnc(CSCc2ccccc2)s1. The number of thioether (sulfide) groups is 1. The highest BCUT2D eigenvalue weighted by Crippen LogP contribution is 2.22. The first-order valence-electron chi connectivity index (χ1n) is 6.59. The van der Waals surface area contributed by atoms with Gasteiger partial charge in [-0.25, -0.2) is 0 Å². The van der Waals surface area contributed by atoms with Crippen molar-refractivity contribution in [1.82, 2.24) is 10.2 Å². The monoisotopic (exact) mass is 323 g/mol. The zero-order valence-electron chi connectivity index (χ0n) is 11.7. The molecule has 0 saturated carbocycles. The van der Waals surface area contributed by atoms with Crippen LogP contribution in [-0.4, -0.2) is 29.3 Å². The summed E-state index contributed by atoms with van der Waals surface area (Å²) >= 11 is 3.18. The number of amides is 1. The lowest BCUT2D eigenvalue weighted by atomic mass is 10.2. The molecule has 1 aromatic carbocycles. The second-order valence-corrected chi connectivity index (χ2v) is 6.21. The molecule has 0 bridgehead atoms. The minimum absolute atomic E-state index is 0.0498. The van der Waals surface area contributed by atoms with E-state index in [1.165, 1.54) is 16.9 Å². The maximum absolute atomic E-state index is 11.5. The first-order chi connectivity index (χ1) is 10.3. The smallest absolute Gasteiger partial charge is 0.252 e. The van der Waals surface area contributed by atoms with Crippen LogP contribution < -0.4 is 5.32 Å². The van der Waals surface area contributed by atoms with Crippen LogP contribution in [0.3, 0.4) is 0 Å². The Balaban J connectivity index is 1.74. The summed E-state index contributed by atoms with van der Waals surface area (Å²) < 4.78 is 5.03. The third-order valence-corrected chi connectivity index (χ3v) is 4.52. The van der Waals surface area contributed by atoms with Crippen LogP contribution in [0.5, 0.6) is 0 Å². The summed E-state index contributed by atoms with van der Waals surface area (Å²) in [5.41, 5.74) is 1.29. The summed E-state index contributed by atoms with van der Waals surface area (Å²) in [7, 11) is 0. The van der Waals surface area contributed by atoms with Crippen LogP contribution in [0.4, 0.5) is 5.13 Å². The summed E-state index contributed by atoms with van der Waals surface area (Å²) in [5, 5.41) is 12.1. The van der Waals surface area contributed by atoms with Crippen LogP contribution in [0, 0.1) is 0 Å². The molecule has 0 fully saturated rings. The lowest BCUT2D eigenvalue weighted by Gasteiger charge is -2.00. The Hall–Kier alpha value is -1.44. The molecule has 1 amide bonds. The van der Waals surface area contributed by atoms with Crippen LogP contribution in [0.2, 0.25) is 0 Å². The molecular formula is C14H17N3O2S2. The molecule has 1 N–H and O–H groups in total. The van der Waals surface area contributed by atoms with Crippen molar-refractivity contribution in [1.29, 1.82) is 0 Å². The molecule has 1 aromatic heterocycles. The highest BCUT2D eigenvalue weighted by atomic mass is 32.2. The molecule has 0 aliphatic heterocycles. The molecule has 0 atom stereocenters. The number of aromatic nitrogens is 2. The van der Waals surface area contributed by atoms with Gasteiger partial charge in [-0.2, -0.15) is 0 Å². The summed E-state index contributed by atoms with van der Waals surface area (Å²) in [4.78, 5) is 11.5. The van der Waals surface area contributed by atoms with E-state index < -0.39 is 0 Å². The molecule has 0 aliphatic rings. The van der Waals surface area contributed by atoms with Crippen molar-refractivity contribution in [3.05, 3.63) is 40.9 Å². The molecule has 0 saturated heterocycles. The Labute approximate surface area is 132 Å². The quantitative estimate of drug-likeness (QED) is 0.809. The molecule has 2 rings (SSSR count). The standard InChI is InChI=1S/C14H17N3O2S2/c1-2-19-8-12(18)15-14-17-16-13(21-14)10-20-9-11-6-4-3-5-7-11/h3-7H,2,8-10H2,1H3,(H,15,17,18). The zero-order chi connectivity index (χ0) is 14.9. The van der Waals surface area contributed by atoms with E-state index in [2.05, 4.69) is 27.6 Å². The Morgan fingerprint density at radius 3 is 2.86 bits per heavy atom. The number of benzene rings is 1. The number of carbonyl (C=O) groups is 1. The van der Waals surface area contributed by atoms with Crippen LogP contribution >= 0.6 is 23.1 Å². The van der Waals surface area contributed by atoms with E-state index in [-0.39, 0.29) is 12.5 Å². The fourth-order valence-electron chi connectivity index (χ4n) is 1.54. The van der Waals surface area contributed by atoms with Gasteiger partial charge in [0.15, 0.2) is 0 Å². The van der Waals surface area contributed by atoms with Crippen molar-refractivity contribution in [3.8, 4) is 0 Å².